The van der Waals surface area contributed by atoms with Crippen LogP contribution in [0.3, 0.4) is 0 Å². The Balaban J connectivity index is 2.01. The van der Waals surface area contributed by atoms with Crippen molar-refractivity contribution in [2.75, 3.05) is 32.0 Å². The van der Waals surface area contributed by atoms with E-state index in [4.69, 9.17) is 10.6 Å². The predicted octanol–water partition coefficient (Wildman–Crippen LogP) is 1.75. The summed E-state index contributed by atoms with van der Waals surface area (Å²) in [6.45, 7) is 1.40. The summed E-state index contributed by atoms with van der Waals surface area (Å²) in [5, 5.41) is 14.7. The maximum Gasteiger partial charge on any atom is 0.309 e. The van der Waals surface area contributed by atoms with Gasteiger partial charge in [-0.2, -0.15) is 5.11 Å². The minimum absolute atomic E-state index is 0.0311. The summed E-state index contributed by atoms with van der Waals surface area (Å²) in [4.78, 5) is 38.2. The van der Waals surface area contributed by atoms with Crippen LogP contribution in [0.1, 0.15) is 23.2 Å². The van der Waals surface area contributed by atoms with E-state index in [1.54, 1.807) is 41.1 Å². The summed E-state index contributed by atoms with van der Waals surface area (Å²) in [5.74, 6) is -1.18. The summed E-state index contributed by atoms with van der Waals surface area (Å²) >= 11 is 0. The monoisotopic (exact) mass is 359 g/mol. The first kappa shape index (κ1) is 19.1. The van der Waals surface area contributed by atoms with Gasteiger partial charge >= 0.3 is 5.97 Å². The van der Waals surface area contributed by atoms with Gasteiger partial charge in [0.15, 0.2) is 0 Å². The highest BCUT2D eigenvalue weighted by Gasteiger charge is 2.22. The van der Waals surface area contributed by atoms with Gasteiger partial charge in [0.2, 0.25) is 5.91 Å². The van der Waals surface area contributed by atoms with Crippen molar-refractivity contribution in [3.8, 4) is 0 Å². The maximum atomic E-state index is 12.6. The number of carboxylic acids is 1. The number of carbonyl (C=O) groups excluding carboxylic acids is 2. The number of likely N-dealkylation sites (N-methyl/N-ethyl adjacent to an activating group) is 1. The lowest BCUT2D eigenvalue weighted by molar-refractivity contribution is -0.136. The zero-order chi connectivity index (χ0) is 19.1. The second-order valence-corrected chi connectivity index (χ2v) is 5.90. The first-order chi connectivity index (χ1) is 12.4. The summed E-state index contributed by atoms with van der Waals surface area (Å²) in [7, 11) is 1.73. The number of nitrogens with one attached hydrogen (secondary N) is 2. The zero-order valence-corrected chi connectivity index (χ0v) is 14.4. The molecule has 9 nitrogen and oxygen atoms in total. The van der Waals surface area contributed by atoms with Crippen LogP contribution in [0.5, 0.6) is 0 Å². The van der Waals surface area contributed by atoms with Crippen LogP contribution in [-0.2, 0) is 9.59 Å². The Morgan fingerprint density at radius 3 is 2.58 bits per heavy atom. The van der Waals surface area contributed by atoms with Gasteiger partial charge in [0, 0.05) is 50.6 Å². The molecular formula is C17H21N5O4. The maximum absolute atomic E-state index is 12.6. The summed E-state index contributed by atoms with van der Waals surface area (Å²) < 4.78 is 0. The van der Waals surface area contributed by atoms with Crippen LogP contribution in [-0.4, -0.2) is 59.4 Å². The molecule has 3 N–H and O–H groups in total. The molecule has 0 atom stereocenters. The van der Waals surface area contributed by atoms with Crippen LogP contribution in [0.25, 0.3) is 0 Å². The number of carboxylic acid groups (broad SMARTS) is 1. The van der Waals surface area contributed by atoms with Gasteiger partial charge in [-0.25, -0.2) is 5.53 Å². The molecule has 1 aliphatic rings. The smallest absolute Gasteiger partial charge is 0.309 e. The highest BCUT2D eigenvalue weighted by molar-refractivity contribution is 5.95. The van der Waals surface area contributed by atoms with Crippen LogP contribution in [0.15, 0.2) is 41.3 Å². The molecule has 0 aliphatic carbocycles. The van der Waals surface area contributed by atoms with Gasteiger partial charge in [-0.05, 0) is 24.3 Å². The SMILES string of the molecule is CN1CCN(C(=O)c2ccc(N/C=C(/CC(=O)O)N=N)cc2)CCC1=O. The lowest BCUT2D eigenvalue weighted by Gasteiger charge is -2.20. The van der Waals surface area contributed by atoms with Gasteiger partial charge in [0.25, 0.3) is 5.91 Å². The molecule has 0 aromatic heterocycles. The number of benzene rings is 1. The van der Waals surface area contributed by atoms with Crippen molar-refractivity contribution < 1.29 is 19.5 Å². The normalized spacial score (nSPS) is 15.4. The van der Waals surface area contributed by atoms with Crippen molar-refractivity contribution in [1.29, 1.82) is 5.53 Å². The number of anilines is 1. The van der Waals surface area contributed by atoms with E-state index in [9.17, 15) is 14.4 Å². The van der Waals surface area contributed by atoms with Gasteiger partial charge in [0.1, 0.15) is 0 Å². The highest BCUT2D eigenvalue weighted by atomic mass is 16.4. The van der Waals surface area contributed by atoms with E-state index in [-0.39, 0.29) is 23.9 Å². The number of rotatable bonds is 6. The molecule has 1 aromatic carbocycles. The van der Waals surface area contributed by atoms with E-state index < -0.39 is 5.97 Å². The number of carbonyl (C=O) groups is 3. The van der Waals surface area contributed by atoms with E-state index in [1.807, 2.05) is 0 Å². The Morgan fingerprint density at radius 1 is 1.27 bits per heavy atom. The van der Waals surface area contributed by atoms with Crippen LogP contribution >= 0.6 is 0 Å². The zero-order valence-electron chi connectivity index (χ0n) is 14.4. The quantitative estimate of drug-likeness (QED) is 0.667. The first-order valence-electron chi connectivity index (χ1n) is 8.09. The minimum Gasteiger partial charge on any atom is -0.481 e. The van der Waals surface area contributed by atoms with Gasteiger partial charge in [-0.3, -0.25) is 14.4 Å². The lowest BCUT2D eigenvalue weighted by atomic mass is 10.1. The van der Waals surface area contributed by atoms with Crippen LogP contribution in [0.4, 0.5) is 5.69 Å². The van der Waals surface area contributed by atoms with Gasteiger partial charge in [0.05, 0.1) is 12.1 Å². The minimum atomic E-state index is -1.07. The average molecular weight is 359 g/mol. The summed E-state index contributed by atoms with van der Waals surface area (Å²) in [6.07, 6.45) is 1.30. The van der Waals surface area contributed by atoms with Crippen molar-refractivity contribution in [3.63, 3.8) is 0 Å². The molecule has 1 saturated heterocycles. The van der Waals surface area contributed by atoms with Crippen LogP contribution in [0, 0.1) is 5.53 Å². The molecule has 2 rings (SSSR count). The molecule has 2 amide bonds. The Bertz CT molecular complexity index is 729. The molecule has 0 radical (unpaired) electrons. The predicted molar refractivity (Wildman–Crippen MR) is 93.7 cm³/mol. The van der Waals surface area contributed by atoms with Gasteiger partial charge in [-0.15, -0.1) is 0 Å². The first-order valence-corrected chi connectivity index (χ1v) is 8.09. The molecule has 1 aromatic rings. The largest absolute Gasteiger partial charge is 0.481 e. The molecule has 9 heteroatoms. The van der Waals surface area contributed by atoms with Crippen molar-refractivity contribution in [1.82, 2.24) is 9.80 Å². The Morgan fingerprint density at radius 2 is 1.96 bits per heavy atom. The fraction of sp³-hybridized carbons (Fsp3) is 0.353. The molecule has 0 spiro atoms. The van der Waals surface area contributed by atoms with Gasteiger partial charge in [-0.1, -0.05) is 0 Å². The molecule has 1 aliphatic heterocycles. The number of aliphatic carboxylic acids is 1. The van der Waals surface area contributed by atoms with E-state index in [0.717, 1.165) is 0 Å². The number of hydrogen-bond donors (Lipinski definition) is 3. The number of hydrogen-bond acceptors (Lipinski definition) is 6. The average Bonchev–Trinajstić information content (AvgIpc) is 2.80. The molecular weight excluding hydrogens is 338 g/mol. The number of nitrogens with zero attached hydrogens (tertiary/aromatic N) is 3. The second-order valence-electron chi connectivity index (χ2n) is 5.90. The molecule has 0 unspecified atom stereocenters. The lowest BCUT2D eigenvalue weighted by Crippen LogP contribution is -2.34. The third-order valence-corrected chi connectivity index (χ3v) is 4.03. The van der Waals surface area contributed by atoms with Crippen molar-refractivity contribution >= 4 is 23.5 Å². The third kappa shape index (κ3) is 5.13. The van der Waals surface area contributed by atoms with E-state index in [2.05, 4.69) is 10.4 Å². The Hall–Kier alpha value is -3.23. The van der Waals surface area contributed by atoms with Gasteiger partial charge < -0.3 is 20.2 Å². The summed E-state index contributed by atoms with van der Waals surface area (Å²) in [5.41, 5.74) is 8.17. The molecule has 0 bridgehead atoms. The van der Waals surface area contributed by atoms with Crippen LogP contribution < -0.4 is 5.32 Å². The van der Waals surface area contributed by atoms with E-state index in [1.165, 1.54) is 6.20 Å². The topological polar surface area (TPSA) is 126 Å². The number of amides is 2. The molecule has 1 heterocycles. The van der Waals surface area contributed by atoms with Crippen molar-refractivity contribution in [2.24, 2.45) is 5.11 Å². The fourth-order valence-corrected chi connectivity index (χ4v) is 2.47. The fourth-order valence-electron chi connectivity index (χ4n) is 2.47. The summed E-state index contributed by atoms with van der Waals surface area (Å²) in [6, 6.07) is 6.68. The van der Waals surface area contributed by atoms with E-state index in [0.29, 0.717) is 37.3 Å². The van der Waals surface area contributed by atoms with E-state index >= 15 is 0 Å². The second kappa shape index (κ2) is 8.75. The highest BCUT2D eigenvalue weighted by Crippen LogP contribution is 2.14. The van der Waals surface area contributed by atoms with Crippen molar-refractivity contribution in [3.05, 3.63) is 41.7 Å². The Kier molecular flexibility index (Phi) is 6.42. The standard InChI is InChI=1S/C17H21N5O4/c1-21-8-9-22(7-6-15(21)23)17(26)12-2-4-13(5-3-12)19-11-14(20-18)10-16(24)25/h2-5,11,18-19H,6-10H2,1H3,(H,24,25)/b14-11-,20-18?. The Labute approximate surface area is 150 Å². The third-order valence-electron chi connectivity index (χ3n) is 4.03. The molecule has 26 heavy (non-hydrogen) atoms. The molecule has 138 valence electrons. The van der Waals surface area contributed by atoms with Crippen molar-refractivity contribution in [2.45, 2.75) is 12.8 Å². The van der Waals surface area contributed by atoms with Crippen LogP contribution in [0.2, 0.25) is 0 Å². The molecule has 0 saturated carbocycles. The molecule has 1 fully saturated rings.